The molecule has 0 saturated carbocycles. The summed E-state index contributed by atoms with van der Waals surface area (Å²) in [7, 11) is -3.55. The maximum Gasteiger partial charge on any atom is 0.272 e. The number of hydrogen-bond acceptors (Lipinski definition) is 4. The van der Waals surface area contributed by atoms with Crippen molar-refractivity contribution in [2.45, 2.75) is 18.1 Å². The predicted molar refractivity (Wildman–Crippen MR) is 70.9 cm³/mol. The third-order valence-corrected chi connectivity index (χ3v) is 6.21. The van der Waals surface area contributed by atoms with E-state index in [4.69, 9.17) is 0 Å². The molecule has 8 heteroatoms. The third-order valence-electron chi connectivity index (χ3n) is 2.19. The summed E-state index contributed by atoms with van der Waals surface area (Å²) in [5, 5.41) is 8.39. The monoisotopic (exact) mass is 335 g/mol. The lowest BCUT2D eigenvalue weighted by Gasteiger charge is -2.06. The fourth-order valence-corrected chi connectivity index (χ4v) is 4.87. The van der Waals surface area contributed by atoms with Gasteiger partial charge in [0.15, 0.2) is 4.21 Å². The highest BCUT2D eigenvalue weighted by Crippen LogP contribution is 2.30. The second kappa shape index (κ2) is 4.43. The normalized spacial score (nSPS) is 11.7. The van der Waals surface area contributed by atoms with Crippen molar-refractivity contribution in [1.29, 1.82) is 0 Å². The molecule has 0 saturated heterocycles. The van der Waals surface area contributed by atoms with E-state index >= 15 is 0 Å². The molecule has 0 aromatic carbocycles. The highest BCUT2D eigenvalue weighted by Gasteiger charge is 2.21. The Labute approximate surface area is 111 Å². The van der Waals surface area contributed by atoms with Crippen LogP contribution in [0.5, 0.6) is 0 Å². The molecule has 0 amide bonds. The van der Waals surface area contributed by atoms with Crippen LogP contribution in [0.2, 0.25) is 0 Å². The van der Waals surface area contributed by atoms with E-state index in [1.807, 2.05) is 0 Å². The van der Waals surface area contributed by atoms with E-state index < -0.39 is 10.0 Å². The maximum absolute atomic E-state index is 12.1. The lowest BCUT2D eigenvalue weighted by molar-refractivity contribution is 0.602. The number of H-pyrrole nitrogens is 1. The first-order valence-corrected chi connectivity index (χ1v) is 7.85. The van der Waals surface area contributed by atoms with Gasteiger partial charge < -0.3 is 0 Å². The van der Waals surface area contributed by atoms with Gasteiger partial charge in [0.1, 0.15) is 0 Å². The van der Waals surface area contributed by atoms with Crippen LogP contribution in [0.25, 0.3) is 0 Å². The summed E-state index contributed by atoms with van der Waals surface area (Å²) in [6, 6.07) is 1.70. The minimum atomic E-state index is -3.55. The van der Waals surface area contributed by atoms with Crippen LogP contribution in [0.15, 0.2) is 20.1 Å². The van der Waals surface area contributed by atoms with Crippen LogP contribution in [0, 0.1) is 13.8 Å². The number of rotatable bonds is 3. The first-order valence-electron chi connectivity index (χ1n) is 4.69. The van der Waals surface area contributed by atoms with Crippen molar-refractivity contribution in [3.8, 4) is 0 Å². The number of aryl methyl sites for hydroxylation is 2. The zero-order chi connectivity index (χ0) is 12.6. The minimum absolute atomic E-state index is 0.262. The SMILES string of the molecule is Cc1n[nH]c(C)c1NS(=O)(=O)c1sccc1Br. The van der Waals surface area contributed by atoms with Crippen LogP contribution in [0.3, 0.4) is 0 Å². The van der Waals surface area contributed by atoms with E-state index in [0.29, 0.717) is 21.5 Å². The van der Waals surface area contributed by atoms with Gasteiger partial charge in [0.25, 0.3) is 10.0 Å². The van der Waals surface area contributed by atoms with Crippen LogP contribution in [-0.4, -0.2) is 18.6 Å². The Morgan fingerprint density at radius 1 is 1.47 bits per heavy atom. The van der Waals surface area contributed by atoms with Crippen LogP contribution >= 0.6 is 27.3 Å². The molecule has 2 aromatic rings. The van der Waals surface area contributed by atoms with Crippen LogP contribution in [0.4, 0.5) is 5.69 Å². The van der Waals surface area contributed by atoms with Crippen molar-refractivity contribution in [3.63, 3.8) is 0 Å². The number of hydrogen-bond donors (Lipinski definition) is 2. The van der Waals surface area contributed by atoms with E-state index in [1.165, 1.54) is 0 Å². The Morgan fingerprint density at radius 3 is 2.65 bits per heavy atom. The first kappa shape index (κ1) is 12.6. The van der Waals surface area contributed by atoms with E-state index in [9.17, 15) is 8.42 Å². The minimum Gasteiger partial charge on any atom is -0.280 e. The fraction of sp³-hybridized carbons (Fsp3) is 0.222. The fourth-order valence-electron chi connectivity index (χ4n) is 1.35. The van der Waals surface area contributed by atoms with Gasteiger partial charge in [-0.3, -0.25) is 9.82 Å². The smallest absolute Gasteiger partial charge is 0.272 e. The lowest BCUT2D eigenvalue weighted by Crippen LogP contribution is -2.13. The molecule has 2 rings (SSSR count). The van der Waals surface area contributed by atoms with Gasteiger partial charge in [-0.05, 0) is 41.2 Å². The molecule has 0 aliphatic rings. The third kappa shape index (κ3) is 2.38. The van der Waals surface area contributed by atoms with E-state index in [0.717, 1.165) is 11.3 Å². The number of nitrogens with one attached hydrogen (secondary N) is 2. The summed E-state index contributed by atoms with van der Waals surface area (Å²) < 4.78 is 27.6. The molecule has 0 unspecified atom stereocenters. The van der Waals surface area contributed by atoms with Crippen LogP contribution in [-0.2, 0) is 10.0 Å². The molecule has 0 spiro atoms. The van der Waals surface area contributed by atoms with Crippen LogP contribution in [0.1, 0.15) is 11.4 Å². The molecule has 5 nitrogen and oxygen atoms in total. The van der Waals surface area contributed by atoms with Crippen molar-refractivity contribution in [1.82, 2.24) is 10.2 Å². The average molecular weight is 336 g/mol. The molecule has 0 atom stereocenters. The standard InChI is InChI=1S/C9H10BrN3O2S2/c1-5-8(6(2)12-11-5)13-17(14,15)9-7(10)3-4-16-9/h3-4,13H,1-2H3,(H,11,12). The largest absolute Gasteiger partial charge is 0.280 e. The molecule has 2 N–H and O–H groups in total. The molecule has 0 fully saturated rings. The summed E-state index contributed by atoms with van der Waals surface area (Å²) in [6.07, 6.45) is 0. The summed E-state index contributed by atoms with van der Waals surface area (Å²) in [5.41, 5.74) is 1.82. The molecule has 0 radical (unpaired) electrons. The van der Waals surface area contributed by atoms with Gasteiger partial charge in [-0.1, -0.05) is 0 Å². The van der Waals surface area contributed by atoms with Gasteiger partial charge in [-0.2, -0.15) is 5.10 Å². The second-order valence-electron chi connectivity index (χ2n) is 3.47. The van der Waals surface area contributed by atoms with Gasteiger partial charge in [0.2, 0.25) is 0 Å². The van der Waals surface area contributed by atoms with Crippen molar-refractivity contribution >= 4 is 43.0 Å². The summed E-state index contributed by atoms with van der Waals surface area (Å²) in [6.45, 7) is 3.51. The zero-order valence-corrected chi connectivity index (χ0v) is 12.3. The Balaban J connectivity index is 2.40. The number of sulfonamides is 1. The van der Waals surface area contributed by atoms with Crippen molar-refractivity contribution in [3.05, 3.63) is 27.3 Å². The van der Waals surface area contributed by atoms with Crippen LogP contribution < -0.4 is 4.72 Å². The first-order chi connectivity index (χ1) is 7.92. The Morgan fingerprint density at radius 2 is 2.18 bits per heavy atom. The van der Waals surface area contributed by atoms with E-state index in [-0.39, 0.29) is 4.21 Å². The average Bonchev–Trinajstić information content (AvgIpc) is 2.79. The molecule has 17 heavy (non-hydrogen) atoms. The zero-order valence-electron chi connectivity index (χ0n) is 9.11. The Hall–Kier alpha value is -0.860. The molecule has 0 aliphatic heterocycles. The number of aromatic amines is 1. The highest BCUT2D eigenvalue weighted by atomic mass is 79.9. The van der Waals surface area contributed by atoms with Crippen molar-refractivity contribution in [2.75, 3.05) is 4.72 Å². The van der Waals surface area contributed by atoms with E-state index in [1.54, 1.807) is 25.3 Å². The summed E-state index contributed by atoms with van der Waals surface area (Å²) in [5.74, 6) is 0. The Kier molecular flexibility index (Phi) is 3.28. The van der Waals surface area contributed by atoms with Gasteiger partial charge in [0.05, 0.1) is 17.1 Å². The van der Waals surface area contributed by atoms with Crippen molar-refractivity contribution < 1.29 is 8.42 Å². The molecule has 0 bridgehead atoms. The summed E-state index contributed by atoms with van der Waals surface area (Å²) in [4.78, 5) is 0. The quantitative estimate of drug-likeness (QED) is 0.905. The van der Waals surface area contributed by atoms with Gasteiger partial charge in [-0.25, -0.2) is 8.42 Å². The molecule has 2 heterocycles. The molecule has 92 valence electrons. The summed E-state index contributed by atoms with van der Waals surface area (Å²) >= 11 is 4.37. The predicted octanol–water partition coefficient (Wildman–Crippen LogP) is 2.65. The number of halogens is 1. The highest BCUT2D eigenvalue weighted by molar-refractivity contribution is 9.10. The Bertz CT molecular complexity index is 626. The molecular weight excluding hydrogens is 326 g/mol. The van der Waals surface area contributed by atoms with Gasteiger partial charge in [-0.15, -0.1) is 11.3 Å². The van der Waals surface area contributed by atoms with E-state index in [2.05, 4.69) is 30.8 Å². The molecular formula is C9H10BrN3O2S2. The number of aromatic nitrogens is 2. The number of thiophene rings is 1. The maximum atomic E-state index is 12.1. The lowest BCUT2D eigenvalue weighted by atomic mass is 10.3. The topological polar surface area (TPSA) is 74.8 Å². The molecule has 0 aliphatic carbocycles. The number of nitrogens with zero attached hydrogens (tertiary/aromatic N) is 1. The van der Waals surface area contributed by atoms with Crippen molar-refractivity contribution in [2.24, 2.45) is 0 Å². The number of anilines is 1. The molecule has 2 aromatic heterocycles. The van der Waals surface area contributed by atoms with Gasteiger partial charge in [0, 0.05) is 4.47 Å². The van der Waals surface area contributed by atoms with Gasteiger partial charge >= 0.3 is 0 Å². The second-order valence-corrected chi connectivity index (χ2v) is 7.12.